The highest BCUT2D eigenvalue weighted by Crippen LogP contribution is 2.34. The lowest BCUT2D eigenvalue weighted by atomic mass is 9.91. The lowest BCUT2D eigenvalue weighted by molar-refractivity contribution is -0.0125. The van der Waals surface area contributed by atoms with Gasteiger partial charge < -0.3 is 14.7 Å². The number of rotatable bonds is 3. The number of morpholine rings is 1. The van der Waals surface area contributed by atoms with Gasteiger partial charge in [-0.2, -0.15) is 0 Å². The van der Waals surface area contributed by atoms with E-state index < -0.39 is 0 Å². The minimum absolute atomic E-state index is 0.0395. The monoisotopic (exact) mass is 305 g/mol. The van der Waals surface area contributed by atoms with E-state index in [9.17, 15) is 9.90 Å². The fourth-order valence-electron chi connectivity index (χ4n) is 2.79. The van der Waals surface area contributed by atoms with Crippen LogP contribution in [0.2, 0.25) is 0 Å². The second-order valence-corrected chi connectivity index (χ2v) is 6.75. The Kier molecular flexibility index (Phi) is 5.12. The quantitative estimate of drug-likeness (QED) is 0.930. The Bertz CT molecular complexity index is 552. The van der Waals surface area contributed by atoms with Gasteiger partial charge in [0, 0.05) is 13.1 Å². The van der Waals surface area contributed by atoms with Crippen LogP contribution in [0.3, 0.4) is 0 Å². The summed E-state index contributed by atoms with van der Waals surface area (Å²) in [5.74, 6) is 0.516. The molecule has 1 aliphatic rings. The van der Waals surface area contributed by atoms with Crippen LogP contribution in [0.15, 0.2) is 12.1 Å². The molecule has 0 aliphatic carbocycles. The maximum absolute atomic E-state index is 12.8. The SMILES string of the molecule is CC(C)c1cc(C(=O)N2CCO[C@H](C)C2)c(O)c(C(C)C)c1. The second kappa shape index (κ2) is 6.69. The minimum atomic E-state index is -0.1000. The number of carbonyl (C=O) groups excluding carboxylic acids is 1. The first-order valence-corrected chi connectivity index (χ1v) is 8.09. The highest BCUT2D eigenvalue weighted by atomic mass is 16.5. The van der Waals surface area contributed by atoms with Crippen molar-refractivity contribution in [3.05, 3.63) is 28.8 Å². The van der Waals surface area contributed by atoms with Crippen molar-refractivity contribution in [3.63, 3.8) is 0 Å². The number of phenols is 1. The Morgan fingerprint density at radius 2 is 1.95 bits per heavy atom. The van der Waals surface area contributed by atoms with Crippen molar-refractivity contribution in [3.8, 4) is 5.75 Å². The number of hydrogen-bond donors (Lipinski definition) is 1. The summed E-state index contributed by atoms with van der Waals surface area (Å²) in [5, 5.41) is 10.6. The van der Waals surface area contributed by atoms with E-state index in [4.69, 9.17) is 4.74 Å². The largest absolute Gasteiger partial charge is 0.507 e. The third-order valence-electron chi connectivity index (χ3n) is 4.21. The van der Waals surface area contributed by atoms with E-state index in [0.717, 1.165) is 11.1 Å². The summed E-state index contributed by atoms with van der Waals surface area (Å²) in [4.78, 5) is 14.6. The lowest BCUT2D eigenvalue weighted by Crippen LogP contribution is -2.44. The molecule has 1 saturated heterocycles. The molecule has 4 heteroatoms. The molecule has 4 nitrogen and oxygen atoms in total. The molecule has 1 aromatic rings. The number of phenolic OH excluding ortho intramolecular Hbond substituents is 1. The number of nitrogens with zero attached hydrogens (tertiary/aromatic N) is 1. The van der Waals surface area contributed by atoms with E-state index in [1.165, 1.54) is 0 Å². The molecule has 1 aliphatic heterocycles. The molecule has 1 aromatic carbocycles. The van der Waals surface area contributed by atoms with Gasteiger partial charge in [-0.3, -0.25) is 4.79 Å². The molecule has 0 spiro atoms. The minimum Gasteiger partial charge on any atom is -0.507 e. The summed E-state index contributed by atoms with van der Waals surface area (Å²) >= 11 is 0. The van der Waals surface area contributed by atoms with Crippen molar-refractivity contribution < 1.29 is 14.6 Å². The van der Waals surface area contributed by atoms with Gasteiger partial charge in [-0.25, -0.2) is 0 Å². The molecule has 0 aromatic heterocycles. The normalized spacial score (nSPS) is 19.0. The van der Waals surface area contributed by atoms with Crippen LogP contribution in [0, 0.1) is 0 Å². The molecular weight excluding hydrogens is 278 g/mol. The summed E-state index contributed by atoms with van der Waals surface area (Å²) < 4.78 is 5.49. The Labute approximate surface area is 133 Å². The molecule has 1 amide bonds. The molecule has 0 unspecified atom stereocenters. The Balaban J connectivity index is 2.42. The van der Waals surface area contributed by atoms with Crippen LogP contribution in [0.1, 0.15) is 67.9 Å². The fourth-order valence-corrected chi connectivity index (χ4v) is 2.79. The van der Waals surface area contributed by atoms with Gasteiger partial charge in [0.05, 0.1) is 18.3 Å². The highest BCUT2D eigenvalue weighted by molar-refractivity contribution is 5.97. The number of hydrogen-bond acceptors (Lipinski definition) is 3. The van der Waals surface area contributed by atoms with Crippen LogP contribution < -0.4 is 0 Å². The Hall–Kier alpha value is -1.55. The average Bonchev–Trinajstić information content (AvgIpc) is 2.46. The standard InChI is InChI=1S/C18H27NO3/c1-11(2)14-8-15(12(3)4)17(20)16(9-14)18(21)19-6-7-22-13(5)10-19/h8-9,11-13,20H,6-7,10H2,1-5H3/t13-/m1/s1. The van der Waals surface area contributed by atoms with E-state index in [0.29, 0.717) is 31.2 Å². The van der Waals surface area contributed by atoms with Crippen molar-refractivity contribution in [1.82, 2.24) is 4.90 Å². The Morgan fingerprint density at radius 3 is 2.50 bits per heavy atom. The van der Waals surface area contributed by atoms with Crippen LogP contribution in [0.4, 0.5) is 0 Å². The van der Waals surface area contributed by atoms with Crippen LogP contribution in [0.25, 0.3) is 0 Å². The number of ether oxygens (including phenoxy) is 1. The summed E-state index contributed by atoms with van der Waals surface area (Å²) in [7, 11) is 0. The molecule has 1 fully saturated rings. The zero-order valence-electron chi connectivity index (χ0n) is 14.2. The number of carbonyl (C=O) groups is 1. The van der Waals surface area contributed by atoms with E-state index in [-0.39, 0.29) is 23.7 Å². The molecule has 0 saturated carbocycles. The Morgan fingerprint density at radius 1 is 1.27 bits per heavy atom. The summed E-state index contributed by atoms with van der Waals surface area (Å²) in [5.41, 5.74) is 2.35. The first-order chi connectivity index (χ1) is 10.3. The van der Waals surface area contributed by atoms with Crippen molar-refractivity contribution in [1.29, 1.82) is 0 Å². The maximum Gasteiger partial charge on any atom is 0.257 e. The van der Waals surface area contributed by atoms with Gasteiger partial charge in [-0.05, 0) is 36.0 Å². The number of benzene rings is 1. The first-order valence-electron chi connectivity index (χ1n) is 8.09. The topological polar surface area (TPSA) is 49.8 Å². The van der Waals surface area contributed by atoms with Crippen molar-refractivity contribution in [2.75, 3.05) is 19.7 Å². The van der Waals surface area contributed by atoms with E-state index in [2.05, 4.69) is 13.8 Å². The first kappa shape index (κ1) is 16.8. The molecule has 2 rings (SSSR count). The summed E-state index contributed by atoms with van der Waals surface area (Å²) in [6, 6.07) is 3.86. The molecule has 1 heterocycles. The van der Waals surface area contributed by atoms with E-state index >= 15 is 0 Å². The maximum atomic E-state index is 12.8. The zero-order chi connectivity index (χ0) is 16.4. The van der Waals surface area contributed by atoms with Crippen LogP contribution >= 0.6 is 0 Å². The van der Waals surface area contributed by atoms with Crippen LogP contribution in [-0.2, 0) is 4.74 Å². The molecule has 1 atom stereocenters. The van der Waals surface area contributed by atoms with Gasteiger partial charge in [0.25, 0.3) is 5.91 Å². The van der Waals surface area contributed by atoms with Crippen molar-refractivity contribution >= 4 is 5.91 Å². The van der Waals surface area contributed by atoms with Gasteiger partial charge in [-0.1, -0.05) is 33.8 Å². The molecule has 0 bridgehead atoms. The van der Waals surface area contributed by atoms with Gasteiger partial charge in [0.2, 0.25) is 0 Å². The molecule has 1 N–H and O–H groups in total. The van der Waals surface area contributed by atoms with Crippen LogP contribution in [0.5, 0.6) is 5.75 Å². The van der Waals surface area contributed by atoms with Gasteiger partial charge in [0.15, 0.2) is 0 Å². The van der Waals surface area contributed by atoms with E-state index in [1.54, 1.807) is 4.90 Å². The molecule has 22 heavy (non-hydrogen) atoms. The summed E-state index contributed by atoms with van der Waals surface area (Å²) in [6.07, 6.45) is 0.0395. The van der Waals surface area contributed by atoms with Gasteiger partial charge in [0.1, 0.15) is 5.75 Å². The second-order valence-electron chi connectivity index (χ2n) is 6.75. The predicted octanol–water partition coefficient (Wildman–Crippen LogP) is 3.50. The van der Waals surface area contributed by atoms with Crippen molar-refractivity contribution in [2.45, 2.75) is 52.6 Å². The third kappa shape index (κ3) is 3.43. The smallest absolute Gasteiger partial charge is 0.257 e. The van der Waals surface area contributed by atoms with Crippen LogP contribution in [-0.4, -0.2) is 41.7 Å². The van der Waals surface area contributed by atoms with Crippen molar-refractivity contribution in [2.24, 2.45) is 0 Å². The van der Waals surface area contributed by atoms with Gasteiger partial charge >= 0.3 is 0 Å². The average molecular weight is 305 g/mol. The number of aromatic hydroxyl groups is 1. The number of amides is 1. The molecule has 0 radical (unpaired) electrons. The van der Waals surface area contributed by atoms with Gasteiger partial charge in [-0.15, -0.1) is 0 Å². The third-order valence-corrected chi connectivity index (χ3v) is 4.21. The molecular formula is C18H27NO3. The predicted molar refractivity (Wildman–Crippen MR) is 87.6 cm³/mol. The summed E-state index contributed by atoms with van der Waals surface area (Å²) in [6.45, 7) is 11.9. The lowest BCUT2D eigenvalue weighted by Gasteiger charge is -2.31. The highest BCUT2D eigenvalue weighted by Gasteiger charge is 2.26. The zero-order valence-corrected chi connectivity index (χ0v) is 14.2. The fraction of sp³-hybridized carbons (Fsp3) is 0.611. The molecule has 122 valence electrons. The van der Waals surface area contributed by atoms with E-state index in [1.807, 2.05) is 32.9 Å².